The molecule has 0 saturated heterocycles. The number of carbonyl (C=O) groups excluding carboxylic acids is 1. The number of Topliss-reactive ketones (excluding diaryl/α,β-unsaturated/α-hetero) is 1. The van der Waals surface area contributed by atoms with E-state index in [9.17, 15) is 4.79 Å². The van der Waals surface area contributed by atoms with E-state index in [1.54, 1.807) is 0 Å². The van der Waals surface area contributed by atoms with Crippen LogP contribution in [0.15, 0.2) is 12.2 Å². The van der Waals surface area contributed by atoms with E-state index in [2.05, 4.69) is 45.6 Å². The molecule has 3 heteroatoms. The van der Waals surface area contributed by atoms with Gasteiger partial charge in [-0.2, -0.15) is 0 Å². The fourth-order valence-electron chi connectivity index (χ4n) is 5.38. The second kappa shape index (κ2) is 6.72. The molecule has 3 aliphatic rings. The third-order valence-electron chi connectivity index (χ3n) is 6.75. The van der Waals surface area contributed by atoms with Gasteiger partial charge in [0.1, 0.15) is 5.78 Å². The predicted octanol–water partition coefficient (Wildman–Crippen LogP) is 5.59. The van der Waals surface area contributed by atoms with Crippen molar-refractivity contribution >= 4 is 14.1 Å². The van der Waals surface area contributed by atoms with Gasteiger partial charge in [0.05, 0.1) is 6.10 Å². The molecule has 136 valence electrons. The second-order valence-electron chi connectivity index (χ2n) is 9.84. The van der Waals surface area contributed by atoms with Crippen LogP contribution in [0.4, 0.5) is 0 Å². The summed E-state index contributed by atoms with van der Waals surface area (Å²) in [6, 6.07) is 0. The highest BCUT2D eigenvalue weighted by Gasteiger charge is 2.52. The summed E-state index contributed by atoms with van der Waals surface area (Å²) in [7, 11) is -1.49. The Morgan fingerprint density at radius 3 is 2.50 bits per heavy atom. The minimum atomic E-state index is -1.49. The standard InChI is InChI=1S/C21H36O2Si/c1-15(8-13-20(16-9-10-16)23-24(3,4)5)17-11-12-18-19(22)7-6-14-21(17,18)2/h8,13,15-18,20H,6-7,9-12,14H2,1-5H3/t15-,17-,18+,20-,21-/m1/s1. The number of rotatable bonds is 6. The number of ketones is 1. The van der Waals surface area contributed by atoms with Crippen molar-refractivity contribution in [3.8, 4) is 0 Å². The molecular formula is C21H36O2Si. The normalized spacial score (nSPS) is 36.8. The van der Waals surface area contributed by atoms with Crippen LogP contribution in [0.3, 0.4) is 0 Å². The molecule has 0 aliphatic heterocycles. The Kier molecular flexibility index (Phi) is 5.14. The summed E-state index contributed by atoms with van der Waals surface area (Å²) < 4.78 is 6.42. The van der Waals surface area contributed by atoms with Crippen LogP contribution >= 0.6 is 0 Å². The molecule has 3 rings (SSSR count). The Labute approximate surface area is 149 Å². The van der Waals surface area contributed by atoms with Crippen molar-refractivity contribution in [2.24, 2.45) is 29.1 Å². The van der Waals surface area contributed by atoms with Crippen molar-refractivity contribution in [1.82, 2.24) is 0 Å². The van der Waals surface area contributed by atoms with Gasteiger partial charge in [-0.3, -0.25) is 4.79 Å². The van der Waals surface area contributed by atoms with Gasteiger partial charge in [-0.1, -0.05) is 26.0 Å². The lowest BCUT2D eigenvalue weighted by Crippen LogP contribution is -2.39. The van der Waals surface area contributed by atoms with E-state index in [0.717, 1.165) is 25.2 Å². The van der Waals surface area contributed by atoms with Crippen LogP contribution in [-0.2, 0) is 9.22 Å². The zero-order chi connectivity index (χ0) is 17.5. The van der Waals surface area contributed by atoms with Crippen LogP contribution < -0.4 is 0 Å². The van der Waals surface area contributed by atoms with Crippen molar-refractivity contribution in [3.05, 3.63) is 12.2 Å². The molecule has 3 aliphatic carbocycles. The first-order valence-electron chi connectivity index (χ1n) is 10.1. The van der Waals surface area contributed by atoms with Crippen LogP contribution in [0, 0.1) is 29.1 Å². The molecule has 0 aromatic carbocycles. The Balaban J connectivity index is 1.67. The third kappa shape index (κ3) is 3.88. The molecule has 0 bridgehead atoms. The van der Waals surface area contributed by atoms with Crippen molar-refractivity contribution in [2.75, 3.05) is 0 Å². The molecule has 0 amide bonds. The van der Waals surface area contributed by atoms with E-state index >= 15 is 0 Å². The maximum absolute atomic E-state index is 12.3. The number of carbonyl (C=O) groups is 1. The first-order valence-corrected chi connectivity index (χ1v) is 13.5. The molecule has 2 nitrogen and oxygen atoms in total. The highest BCUT2D eigenvalue weighted by Crippen LogP contribution is 2.56. The van der Waals surface area contributed by atoms with Crippen molar-refractivity contribution < 1.29 is 9.22 Å². The van der Waals surface area contributed by atoms with Crippen molar-refractivity contribution in [3.63, 3.8) is 0 Å². The molecule has 24 heavy (non-hydrogen) atoms. The van der Waals surface area contributed by atoms with Gasteiger partial charge in [0.25, 0.3) is 0 Å². The maximum Gasteiger partial charge on any atom is 0.184 e. The highest BCUT2D eigenvalue weighted by molar-refractivity contribution is 6.69. The van der Waals surface area contributed by atoms with E-state index in [-0.39, 0.29) is 5.41 Å². The Hall–Kier alpha value is -0.413. The van der Waals surface area contributed by atoms with Crippen molar-refractivity contribution in [2.45, 2.75) is 84.5 Å². The molecule has 0 radical (unpaired) electrons. The Morgan fingerprint density at radius 2 is 1.88 bits per heavy atom. The Bertz CT molecular complexity index is 502. The minimum Gasteiger partial charge on any atom is -0.411 e. The summed E-state index contributed by atoms with van der Waals surface area (Å²) >= 11 is 0. The molecule has 0 unspecified atom stereocenters. The number of fused-ring (bicyclic) bond motifs is 1. The van der Waals surface area contributed by atoms with Gasteiger partial charge in [-0.25, -0.2) is 0 Å². The molecule has 0 aromatic rings. The SMILES string of the molecule is C[C@H](C=C[C@@H](O[Si](C)(C)C)C1CC1)[C@H]1CC[C@H]2C(=O)CCC[C@]12C. The quantitative estimate of drug-likeness (QED) is 0.462. The molecule has 0 N–H and O–H groups in total. The fourth-order valence-corrected chi connectivity index (χ4v) is 6.47. The average molecular weight is 349 g/mol. The zero-order valence-electron chi connectivity index (χ0n) is 16.3. The third-order valence-corrected chi connectivity index (χ3v) is 7.73. The van der Waals surface area contributed by atoms with Crippen LogP contribution in [0.25, 0.3) is 0 Å². The molecule has 5 atom stereocenters. The topological polar surface area (TPSA) is 26.3 Å². The first kappa shape index (κ1) is 18.4. The van der Waals surface area contributed by atoms with Gasteiger partial charge in [0.15, 0.2) is 8.32 Å². The largest absolute Gasteiger partial charge is 0.411 e. The van der Waals surface area contributed by atoms with E-state index in [0.29, 0.717) is 29.6 Å². The van der Waals surface area contributed by atoms with Gasteiger partial charge in [-0.15, -0.1) is 0 Å². The molecule has 3 fully saturated rings. The summed E-state index contributed by atoms with van der Waals surface area (Å²) in [5, 5.41) is 0. The number of hydrogen-bond donors (Lipinski definition) is 0. The van der Waals surface area contributed by atoms with Crippen LogP contribution in [0.5, 0.6) is 0 Å². The van der Waals surface area contributed by atoms with Gasteiger partial charge in [0.2, 0.25) is 0 Å². The summed E-state index contributed by atoms with van der Waals surface area (Å²) in [6.07, 6.45) is 13.3. The first-order chi connectivity index (χ1) is 11.2. The second-order valence-corrected chi connectivity index (χ2v) is 14.3. The fraction of sp³-hybridized carbons (Fsp3) is 0.857. The molecule has 0 aromatic heterocycles. The lowest BCUT2D eigenvalue weighted by molar-refractivity contribution is -0.129. The monoisotopic (exact) mass is 348 g/mol. The van der Waals surface area contributed by atoms with Gasteiger partial charge < -0.3 is 4.43 Å². The minimum absolute atomic E-state index is 0.244. The summed E-state index contributed by atoms with van der Waals surface area (Å²) in [5.41, 5.74) is 0.244. The van der Waals surface area contributed by atoms with Crippen LogP contribution in [0.2, 0.25) is 19.6 Å². The zero-order valence-corrected chi connectivity index (χ0v) is 17.3. The predicted molar refractivity (Wildman–Crippen MR) is 102 cm³/mol. The molecule has 3 saturated carbocycles. The summed E-state index contributed by atoms with van der Waals surface area (Å²) in [5.74, 6) is 2.85. The van der Waals surface area contributed by atoms with Gasteiger partial charge in [-0.05, 0) is 81.3 Å². The van der Waals surface area contributed by atoms with Gasteiger partial charge in [0, 0.05) is 12.3 Å². The van der Waals surface area contributed by atoms with Gasteiger partial charge >= 0.3 is 0 Å². The number of allylic oxidation sites excluding steroid dienone is 1. The summed E-state index contributed by atoms with van der Waals surface area (Å²) in [6.45, 7) is 11.6. The lowest BCUT2D eigenvalue weighted by Gasteiger charge is -2.41. The molecular weight excluding hydrogens is 312 g/mol. The van der Waals surface area contributed by atoms with E-state index in [4.69, 9.17) is 4.43 Å². The smallest absolute Gasteiger partial charge is 0.184 e. The van der Waals surface area contributed by atoms with Crippen LogP contribution in [-0.4, -0.2) is 20.2 Å². The summed E-state index contributed by atoms with van der Waals surface area (Å²) in [4.78, 5) is 12.3. The van der Waals surface area contributed by atoms with Crippen LogP contribution in [0.1, 0.15) is 58.8 Å². The number of hydrogen-bond acceptors (Lipinski definition) is 2. The highest BCUT2D eigenvalue weighted by atomic mass is 28.4. The molecule has 0 spiro atoms. The van der Waals surface area contributed by atoms with E-state index in [1.165, 1.54) is 25.7 Å². The van der Waals surface area contributed by atoms with E-state index in [1.807, 2.05) is 0 Å². The molecule has 0 heterocycles. The maximum atomic E-state index is 12.3. The van der Waals surface area contributed by atoms with Crippen molar-refractivity contribution in [1.29, 1.82) is 0 Å². The Morgan fingerprint density at radius 1 is 1.17 bits per heavy atom. The lowest BCUT2D eigenvalue weighted by atomic mass is 9.62. The van der Waals surface area contributed by atoms with E-state index < -0.39 is 8.32 Å². The average Bonchev–Trinajstić information content (AvgIpc) is 3.24.